The molecular weight excluding hydrogens is 322 g/mol. The van der Waals surface area contributed by atoms with Crippen molar-refractivity contribution < 1.29 is 9.21 Å². The van der Waals surface area contributed by atoms with Crippen LogP contribution in [0.25, 0.3) is 10.8 Å². The Balaban J connectivity index is 1.50. The largest absolute Gasteiger partial charge is 0.420 e. The van der Waals surface area contributed by atoms with E-state index in [4.69, 9.17) is 4.42 Å². The first-order valence-electron chi connectivity index (χ1n) is 8.03. The smallest absolute Gasteiger partial charge is 0.257 e. The lowest BCUT2D eigenvalue weighted by molar-refractivity contribution is 0.0698. The van der Waals surface area contributed by atoms with Crippen molar-refractivity contribution >= 4 is 17.2 Å². The molecule has 1 aliphatic heterocycles. The van der Waals surface area contributed by atoms with Gasteiger partial charge in [0.25, 0.3) is 11.8 Å². The summed E-state index contributed by atoms with van der Waals surface area (Å²) in [5, 5.41) is 10.4. The van der Waals surface area contributed by atoms with Gasteiger partial charge in [-0.2, -0.15) is 0 Å². The molecule has 6 heteroatoms. The zero-order valence-electron chi connectivity index (χ0n) is 13.1. The van der Waals surface area contributed by atoms with Crippen LogP contribution in [0, 0.1) is 0 Å². The maximum Gasteiger partial charge on any atom is 0.257 e. The minimum absolute atomic E-state index is 0.0679. The molecule has 0 radical (unpaired) electrons. The SMILES string of the molecule is O=C(c1ccccc1)N1CCCC(c2nnc(-c3cccs3)o2)C1. The van der Waals surface area contributed by atoms with E-state index in [1.165, 1.54) is 0 Å². The second kappa shape index (κ2) is 6.57. The van der Waals surface area contributed by atoms with Gasteiger partial charge < -0.3 is 9.32 Å². The summed E-state index contributed by atoms with van der Waals surface area (Å²) in [6.07, 6.45) is 1.91. The molecule has 5 nitrogen and oxygen atoms in total. The van der Waals surface area contributed by atoms with Crippen molar-refractivity contribution in [2.24, 2.45) is 0 Å². The van der Waals surface area contributed by atoms with E-state index in [0.717, 1.165) is 29.8 Å². The molecule has 24 heavy (non-hydrogen) atoms. The molecule has 1 fully saturated rings. The van der Waals surface area contributed by atoms with Crippen LogP contribution in [0.5, 0.6) is 0 Å². The summed E-state index contributed by atoms with van der Waals surface area (Å²) in [4.78, 5) is 15.5. The minimum Gasteiger partial charge on any atom is -0.420 e. The predicted molar refractivity (Wildman–Crippen MR) is 91.9 cm³/mol. The Kier molecular flexibility index (Phi) is 4.13. The molecule has 3 heterocycles. The number of likely N-dealkylation sites (tertiary alicyclic amines) is 1. The van der Waals surface area contributed by atoms with E-state index >= 15 is 0 Å². The predicted octanol–water partition coefficient (Wildman–Crippen LogP) is 3.82. The number of benzene rings is 1. The monoisotopic (exact) mass is 339 g/mol. The summed E-state index contributed by atoms with van der Waals surface area (Å²) in [7, 11) is 0. The van der Waals surface area contributed by atoms with Crippen LogP contribution in [0.15, 0.2) is 52.3 Å². The van der Waals surface area contributed by atoms with Crippen LogP contribution in [0.4, 0.5) is 0 Å². The van der Waals surface area contributed by atoms with Crippen molar-refractivity contribution in [3.63, 3.8) is 0 Å². The molecule has 0 spiro atoms. The summed E-state index contributed by atoms with van der Waals surface area (Å²) in [6, 6.07) is 13.3. The van der Waals surface area contributed by atoms with Crippen molar-refractivity contribution in [3.05, 3.63) is 59.3 Å². The van der Waals surface area contributed by atoms with Crippen LogP contribution in [0.3, 0.4) is 0 Å². The lowest BCUT2D eigenvalue weighted by atomic mass is 9.97. The van der Waals surface area contributed by atoms with E-state index in [0.29, 0.717) is 18.3 Å². The molecule has 1 saturated heterocycles. The van der Waals surface area contributed by atoms with Gasteiger partial charge in [0.15, 0.2) is 0 Å². The Hall–Kier alpha value is -2.47. The highest BCUT2D eigenvalue weighted by atomic mass is 32.1. The molecule has 2 aromatic heterocycles. The van der Waals surface area contributed by atoms with E-state index in [-0.39, 0.29) is 11.8 Å². The number of nitrogens with zero attached hydrogens (tertiary/aromatic N) is 3. The second-order valence-corrected chi connectivity index (χ2v) is 6.83. The minimum atomic E-state index is 0.0679. The first kappa shape index (κ1) is 15.1. The van der Waals surface area contributed by atoms with Gasteiger partial charge in [0.1, 0.15) is 0 Å². The fourth-order valence-corrected chi connectivity index (χ4v) is 3.67. The van der Waals surface area contributed by atoms with Gasteiger partial charge in [-0.15, -0.1) is 21.5 Å². The first-order valence-corrected chi connectivity index (χ1v) is 8.91. The highest BCUT2D eigenvalue weighted by Crippen LogP contribution is 2.30. The van der Waals surface area contributed by atoms with Crippen LogP contribution >= 0.6 is 11.3 Å². The van der Waals surface area contributed by atoms with Crippen LogP contribution in [0.1, 0.15) is 35.0 Å². The van der Waals surface area contributed by atoms with Crippen molar-refractivity contribution in [3.8, 4) is 10.8 Å². The third-order valence-corrected chi connectivity index (χ3v) is 5.11. The van der Waals surface area contributed by atoms with Crippen LogP contribution in [0.2, 0.25) is 0 Å². The number of aromatic nitrogens is 2. The maximum absolute atomic E-state index is 12.6. The number of rotatable bonds is 3. The molecule has 1 atom stereocenters. The number of carbonyl (C=O) groups excluding carboxylic acids is 1. The lowest BCUT2D eigenvalue weighted by Crippen LogP contribution is -2.39. The van der Waals surface area contributed by atoms with E-state index in [9.17, 15) is 4.79 Å². The molecule has 1 aromatic carbocycles. The Bertz CT molecular complexity index is 814. The molecule has 1 unspecified atom stereocenters. The Labute approximate surface area is 143 Å². The summed E-state index contributed by atoms with van der Waals surface area (Å²) in [5.74, 6) is 1.36. The summed E-state index contributed by atoms with van der Waals surface area (Å²) < 4.78 is 5.85. The molecule has 3 aromatic rings. The second-order valence-electron chi connectivity index (χ2n) is 5.88. The van der Waals surface area contributed by atoms with E-state index in [2.05, 4.69) is 10.2 Å². The fraction of sp³-hybridized carbons (Fsp3) is 0.278. The zero-order chi connectivity index (χ0) is 16.4. The average molecular weight is 339 g/mol. The van der Waals surface area contributed by atoms with Crippen molar-refractivity contribution in [2.75, 3.05) is 13.1 Å². The van der Waals surface area contributed by atoms with Gasteiger partial charge in [-0.3, -0.25) is 4.79 Å². The molecular formula is C18H17N3O2S. The van der Waals surface area contributed by atoms with Crippen molar-refractivity contribution in [2.45, 2.75) is 18.8 Å². The van der Waals surface area contributed by atoms with Crippen molar-refractivity contribution in [1.29, 1.82) is 0 Å². The number of hydrogen-bond donors (Lipinski definition) is 0. The van der Waals surface area contributed by atoms with E-state index in [1.54, 1.807) is 11.3 Å². The van der Waals surface area contributed by atoms with Crippen LogP contribution < -0.4 is 0 Å². The molecule has 0 bridgehead atoms. The number of thiophene rings is 1. The van der Waals surface area contributed by atoms with Gasteiger partial charge in [-0.1, -0.05) is 24.3 Å². The molecule has 0 N–H and O–H groups in total. The molecule has 122 valence electrons. The number of amides is 1. The average Bonchev–Trinajstić information content (AvgIpc) is 3.33. The first-order chi connectivity index (χ1) is 11.8. The highest BCUT2D eigenvalue weighted by molar-refractivity contribution is 7.13. The number of hydrogen-bond acceptors (Lipinski definition) is 5. The van der Waals surface area contributed by atoms with Crippen LogP contribution in [-0.2, 0) is 0 Å². The topological polar surface area (TPSA) is 59.2 Å². The quantitative estimate of drug-likeness (QED) is 0.728. The third-order valence-electron chi connectivity index (χ3n) is 4.25. The fourth-order valence-electron chi connectivity index (χ4n) is 3.03. The third kappa shape index (κ3) is 2.97. The molecule has 4 rings (SSSR count). The van der Waals surface area contributed by atoms with Gasteiger partial charge in [0, 0.05) is 18.7 Å². The molecule has 0 saturated carbocycles. The van der Waals surface area contributed by atoms with Gasteiger partial charge in [0.05, 0.1) is 10.8 Å². The molecule has 0 aliphatic carbocycles. The van der Waals surface area contributed by atoms with Gasteiger partial charge in [0.2, 0.25) is 5.89 Å². The maximum atomic E-state index is 12.6. The van der Waals surface area contributed by atoms with Gasteiger partial charge in [-0.25, -0.2) is 0 Å². The van der Waals surface area contributed by atoms with Crippen molar-refractivity contribution in [1.82, 2.24) is 15.1 Å². The normalized spacial score (nSPS) is 17.8. The van der Waals surface area contributed by atoms with E-state index in [1.807, 2.05) is 52.7 Å². The Morgan fingerprint density at radius 3 is 2.83 bits per heavy atom. The van der Waals surface area contributed by atoms with Crippen LogP contribution in [-0.4, -0.2) is 34.1 Å². The van der Waals surface area contributed by atoms with Gasteiger partial charge >= 0.3 is 0 Å². The van der Waals surface area contributed by atoms with E-state index < -0.39 is 0 Å². The summed E-state index contributed by atoms with van der Waals surface area (Å²) in [6.45, 7) is 1.40. The Morgan fingerprint density at radius 2 is 2.04 bits per heavy atom. The number of piperidine rings is 1. The lowest BCUT2D eigenvalue weighted by Gasteiger charge is -2.31. The number of carbonyl (C=O) groups is 1. The zero-order valence-corrected chi connectivity index (χ0v) is 13.9. The summed E-state index contributed by atoms with van der Waals surface area (Å²) >= 11 is 1.58. The van der Waals surface area contributed by atoms with Gasteiger partial charge in [-0.05, 0) is 36.4 Å². The highest BCUT2D eigenvalue weighted by Gasteiger charge is 2.29. The summed E-state index contributed by atoms with van der Waals surface area (Å²) in [5.41, 5.74) is 0.725. The molecule has 1 amide bonds. The molecule has 1 aliphatic rings. The Morgan fingerprint density at radius 1 is 1.17 bits per heavy atom. The standard InChI is InChI=1S/C18H17N3O2S/c22-18(13-6-2-1-3-7-13)21-10-4-8-14(12-21)16-19-20-17(23-16)15-9-5-11-24-15/h1-3,5-7,9,11,14H,4,8,10,12H2.